The zero-order valence-corrected chi connectivity index (χ0v) is 12.0. The molecule has 21 heavy (non-hydrogen) atoms. The monoisotopic (exact) mass is 330 g/mol. The van der Waals surface area contributed by atoms with Crippen LogP contribution in [0, 0.1) is 10.1 Å². The second-order valence-corrected chi connectivity index (χ2v) is 4.92. The highest BCUT2D eigenvalue weighted by atomic mass is 35.5. The number of halogens is 1. The molecular weight excluding hydrogens is 324 g/mol. The maximum absolute atomic E-state index is 10.9. The highest BCUT2D eigenvalue weighted by Gasteiger charge is 2.19. The molecule has 1 aromatic carbocycles. The topological polar surface area (TPSA) is 112 Å². The van der Waals surface area contributed by atoms with E-state index in [9.17, 15) is 14.9 Å². The van der Waals surface area contributed by atoms with E-state index in [0.717, 1.165) is 17.4 Å². The zero-order valence-electron chi connectivity index (χ0n) is 10.4. The van der Waals surface area contributed by atoms with Crippen LogP contribution in [0.2, 0.25) is 5.15 Å². The lowest BCUT2D eigenvalue weighted by Crippen LogP contribution is -1.94. The van der Waals surface area contributed by atoms with Crippen molar-refractivity contribution >= 4 is 34.6 Å². The molecular formula is C11H7ClN2O6S. The molecule has 0 saturated heterocycles. The van der Waals surface area contributed by atoms with Gasteiger partial charge in [-0.1, -0.05) is 22.9 Å². The third-order valence-corrected chi connectivity index (χ3v) is 3.62. The molecule has 2 rings (SSSR count). The summed E-state index contributed by atoms with van der Waals surface area (Å²) in [6.07, 6.45) is 0. The minimum absolute atomic E-state index is 0.0307. The standard InChI is InChI=1S/C11H7ClN2O6S/c1-19-7-3-2-5(4-6(7)14(17)18)20-11-13-9(12)8(21-11)10(15)16/h2-4H,1H3,(H,15,16). The molecule has 0 spiro atoms. The Hall–Kier alpha value is -2.39. The van der Waals surface area contributed by atoms with Crippen LogP contribution in [0.3, 0.4) is 0 Å². The van der Waals surface area contributed by atoms with Gasteiger partial charge in [-0.05, 0) is 12.1 Å². The van der Waals surface area contributed by atoms with Gasteiger partial charge < -0.3 is 14.6 Å². The van der Waals surface area contributed by atoms with E-state index in [1.807, 2.05) is 0 Å². The number of rotatable bonds is 5. The number of methoxy groups -OCH3 is 1. The number of carbonyl (C=O) groups is 1. The molecule has 1 aromatic heterocycles. The van der Waals surface area contributed by atoms with Crippen LogP contribution in [0.1, 0.15) is 9.67 Å². The molecule has 0 bridgehead atoms. The zero-order chi connectivity index (χ0) is 15.6. The molecule has 0 aliphatic heterocycles. The van der Waals surface area contributed by atoms with E-state index < -0.39 is 10.9 Å². The van der Waals surface area contributed by atoms with Gasteiger partial charge in [-0.3, -0.25) is 10.1 Å². The lowest BCUT2D eigenvalue weighted by molar-refractivity contribution is -0.385. The van der Waals surface area contributed by atoms with Crippen molar-refractivity contribution in [2.45, 2.75) is 0 Å². The minimum Gasteiger partial charge on any atom is -0.490 e. The van der Waals surface area contributed by atoms with Crippen LogP contribution in [0.5, 0.6) is 16.7 Å². The third kappa shape index (κ3) is 3.20. The summed E-state index contributed by atoms with van der Waals surface area (Å²) in [5.41, 5.74) is -0.281. The number of nitro benzene ring substituents is 1. The summed E-state index contributed by atoms with van der Waals surface area (Å²) in [5, 5.41) is 19.5. The fourth-order valence-electron chi connectivity index (χ4n) is 1.44. The van der Waals surface area contributed by atoms with E-state index in [1.165, 1.54) is 19.2 Å². The number of aromatic carboxylic acids is 1. The highest BCUT2D eigenvalue weighted by molar-refractivity contribution is 7.15. The summed E-state index contributed by atoms with van der Waals surface area (Å²) in [6, 6.07) is 3.94. The molecule has 10 heteroatoms. The molecule has 1 N–H and O–H groups in total. The van der Waals surface area contributed by atoms with Crippen molar-refractivity contribution in [3.8, 4) is 16.7 Å². The van der Waals surface area contributed by atoms with Crippen molar-refractivity contribution in [3.05, 3.63) is 38.3 Å². The number of hydrogen-bond donors (Lipinski definition) is 1. The van der Waals surface area contributed by atoms with Crippen LogP contribution in [0.4, 0.5) is 5.69 Å². The number of thiazole rings is 1. The van der Waals surface area contributed by atoms with Gasteiger partial charge >= 0.3 is 11.7 Å². The highest BCUT2D eigenvalue weighted by Crippen LogP contribution is 2.36. The van der Waals surface area contributed by atoms with Crippen LogP contribution in [0.25, 0.3) is 0 Å². The fourth-order valence-corrected chi connectivity index (χ4v) is 2.43. The van der Waals surface area contributed by atoms with Gasteiger partial charge in [0.15, 0.2) is 15.8 Å². The van der Waals surface area contributed by atoms with Gasteiger partial charge in [0.2, 0.25) is 0 Å². The summed E-state index contributed by atoms with van der Waals surface area (Å²) in [7, 11) is 1.31. The Labute approximate surface area is 126 Å². The predicted octanol–water partition coefficient (Wildman–Crippen LogP) is 3.20. The van der Waals surface area contributed by atoms with Crippen LogP contribution < -0.4 is 9.47 Å². The molecule has 1 heterocycles. The molecule has 0 saturated carbocycles. The average molecular weight is 331 g/mol. The van der Waals surface area contributed by atoms with E-state index in [4.69, 9.17) is 26.2 Å². The molecule has 0 atom stereocenters. The van der Waals surface area contributed by atoms with Gasteiger partial charge in [-0.15, -0.1) is 0 Å². The number of nitro groups is 1. The van der Waals surface area contributed by atoms with Crippen LogP contribution in [-0.2, 0) is 0 Å². The SMILES string of the molecule is COc1ccc(Oc2nc(Cl)c(C(=O)O)s2)cc1[N+](=O)[O-]. The van der Waals surface area contributed by atoms with Crippen molar-refractivity contribution in [2.24, 2.45) is 0 Å². The van der Waals surface area contributed by atoms with Gasteiger partial charge in [0.1, 0.15) is 5.75 Å². The molecule has 0 aliphatic carbocycles. The van der Waals surface area contributed by atoms with E-state index in [0.29, 0.717) is 0 Å². The minimum atomic E-state index is -1.23. The normalized spacial score (nSPS) is 10.2. The quantitative estimate of drug-likeness (QED) is 0.661. The molecule has 0 unspecified atom stereocenters. The molecule has 8 nitrogen and oxygen atoms in total. The lowest BCUT2D eigenvalue weighted by atomic mass is 10.3. The Morgan fingerprint density at radius 1 is 1.52 bits per heavy atom. The molecule has 0 radical (unpaired) electrons. The second kappa shape index (κ2) is 5.94. The Kier molecular flexibility index (Phi) is 4.24. The van der Waals surface area contributed by atoms with Gasteiger partial charge in [0.05, 0.1) is 18.1 Å². The van der Waals surface area contributed by atoms with Gasteiger partial charge in [0.25, 0.3) is 5.19 Å². The maximum Gasteiger partial charge on any atom is 0.349 e. The number of benzene rings is 1. The molecule has 0 amide bonds. The predicted molar refractivity (Wildman–Crippen MR) is 73.8 cm³/mol. The Bertz CT molecular complexity index is 717. The van der Waals surface area contributed by atoms with Gasteiger partial charge in [-0.25, -0.2) is 4.79 Å². The summed E-state index contributed by atoms with van der Waals surface area (Å²) in [6.45, 7) is 0. The van der Waals surface area contributed by atoms with E-state index in [2.05, 4.69) is 4.98 Å². The Morgan fingerprint density at radius 2 is 2.24 bits per heavy atom. The number of carboxylic acid groups (broad SMARTS) is 1. The molecule has 0 aliphatic rings. The number of aromatic nitrogens is 1. The van der Waals surface area contributed by atoms with Crippen molar-refractivity contribution in [1.82, 2.24) is 4.98 Å². The van der Waals surface area contributed by atoms with Crippen molar-refractivity contribution < 1.29 is 24.3 Å². The van der Waals surface area contributed by atoms with Crippen LogP contribution >= 0.6 is 22.9 Å². The first kappa shape index (κ1) is 15.0. The first-order valence-electron chi connectivity index (χ1n) is 5.32. The summed E-state index contributed by atoms with van der Waals surface area (Å²) >= 11 is 6.37. The Morgan fingerprint density at radius 3 is 2.76 bits per heavy atom. The van der Waals surface area contributed by atoms with Gasteiger partial charge in [0, 0.05) is 0 Å². The maximum atomic E-state index is 10.9. The number of ether oxygens (including phenoxy) is 2. The van der Waals surface area contributed by atoms with E-state index in [-0.39, 0.29) is 32.4 Å². The third-order valence-electron chi connectivity index (χ3n) is 2.31. The summed E-state index contributed by atoms with van der Waals surface area (Å²) < 4.78 is 10.1. The number of hydrogen-bond acceptors (Lipinski definition) is 7. The molecule has 110 valence electrons. The molecule has 2 aromatic rings. The summed E-state index contributed by atoms with van der Waals surface area (Å²) in [4.78, 5) is 24.7. The van der Waals surface area contributed by atoms with Crippen LogP contribution in [0.15, 0.2) is 18.2 Å². The summed E-state index contributed by atoms with van der Waals surface area (Å²) in [5.74, 6) is -1.03. The first-order chi connectivity index (χ1) is 9.92. The van der Waals surface area contributed by atoms with Gasteiger partial charge in [-0.2, -0.15) is 4.98 Å². The number of nitrogens with zero attached hydrogens (tertiary/aromatic N) is 2. The smallest absolute Gasteiger partial charge is 0.349 e. The van der Waals surface area contributed by atoms with E-state index >= 15 is 0 Å². The fraction of sp³-hybridized carbons (Fsp3) is 0.0909. The van der Waals surface area contributed by atoms with Crippen molar-refractivity contribution in [1.29, 1.82) is 0 Å². The van der Waals surface area contributed by atoms with Crippen molar-refractivity contribution in [2.75, 3.05) is 7.11 Å². The average Bonchev–Trinajstić information content (AvgIpc) is 2.79. The van der Waals surface area contributed by atoms with Crippen LogP contribution in [-0.4, -0.2) is 28.1 Å². The largest absolute Gasteiger partial charge is 0.490 e. The lowest BCUT2D eigenvalue weighted by Gasteiger charge is -2.04. The Balaban J connectivity index is 2.31. The second-order valence-electron chi connectivity index (χ2n) is 3.60. The van der Waals surface area contributed by atoms with E-state index in [1.54, 1.807) is 0 Å². The molecule has 0 fully saturated rings. The number of carboxylic acids is 1. The van der Waals surface area contributed by atoms with Crippen molar-refractivity contribution in [3.63, 3.8) is 0 Å². The first-order valence-corrected chi connectivity index (χ1v) is 6.51.